The highest BCUT2D eigenvalue weighted by molar-refractivity contribution is 5.90. The number of hydrogen-bond donors (Lipinski definition) is 1. The lowest BCUT2D eigenvalue weighted by atomic mass is 9.90. The van der Waals surface area contributed by atoms with Gasteiger partial charge in [0.1, 0.15) is 11.1 Å². The van der Waals surface area contributed by atoms with Crippen LogP contribution in [0, 0.1) is 29.6 Å². The molecular weight excluding hydrogens is 450 g/mol. The van der Waals surface area contributed by atoms with Crippen molar-refractivity contribution < 1.29 is 47.7 Å². The molecule has 2 aliphatic rings. The zero-order chi connectivity index (χ0) is 25.8. The molecule has 1 N–H and O–H groups in total. The zero-order valence-corrected chi connectivity index (χ0v) is 20.8. The molecule has 0 aromatic heterocycles. The second-order valence-electron chi connectivity index (χ2n) is 10.2. The highest BCUT2D eigenvalue weighted by atomic mass is 16.7. The third-order valence-corrected chi connectivity index (χ3v) is 5.71. The molecule has 11 heteroatoms. The van der Waals surface area contributed by atoms with E-state index in [0.717, 1.165) is 0 Å². The second kappa shape index (κ2) is 10.6. The van der Waals surface area contributed by atoms with E-state index in [1.165, 1.54) is 0 Å². The Labute approximate surface area is 199 Å². The van der Waals surface area contributed by atoms with Gasteiger partial charge in [-0.25, -0.2) is 9.59 Å². The lowest BCUT2D eigenvalue weighted by Gasteiger charge is -2.32. The molecule has 0 aliphatic heterocycles. The van der Waals surface area contributed by atoms with Gasteiger partial charge in [-0.15, -0.1) is 0 Å². The molecular formula is C23H35NO10. The Morgan fingerprint density at radius 1 is 0.882 bits per heavy atom. The first-order valence-corrected chi connectivity index (χ1v) is 11.4. The van der Waals surface area contributed by atoms with Crippen molar-refractivity contribution in [3.05, 3.63) is 0 Å². The molecule has 0 bridgehead atoms. The lowest BCUT2D eigenvalue weighted by molar-refractivity contribution is -0.174. The van der Waals surface area contributed by atoms with E-state index in [1.807, 2.05) is 0 Å². The van der Waals surface area contributed by atoms with Crippen molar-refractivity contribution in [2.24, 2.45) is 29.6 Å². The smallest absolute Gasteiger partial charge is 0.408 e. The van der Waals surface area contributed by atoms with Gasteiger partial charge in [-0.2, -0.15) is 0 Å². The number of alkyl carbamates (subject to hydrolysis) is 1. The molecule has 1 amide bonds. The maximum Gasteiger partial charge on any atom is 0.408 e. The van der Waals surface area contributed by atoms with Crippen molar-refractivity contribution in [1.82, 2.24) is 5.32 Å². The number of rotatable bonds is 9. The SMILES string of the molecule is CC(C)C(=O)OCOC(=O)[C@H]1[C@@H]2CC[C@@](NC(=O)OC(C)(C)C)(C(=O)OCOC(=O)C(C)C)[C@@H]21. The molecule has 11 nitrogen and oxygen atoms in total. The van der Waals surface area contributed by atoms with E-state index in [2.05, 4.69) is 5.32 Å². The maximum absolute atomic E-state index is 13.1. The minimum absolute atomic E-state index is 0.213. The van der Waals surface area contributed by atoms with E-state index < -0.39 is 72.5 Å². The van der Waals surface area contributed by atoms with Crippen molar-refractivity contribution >= 4 is 30.0 Å². The van der Waals surface area contributed by atoms with Gasteiger partial charge in [0.05, 0.1) is 17.8 Å². The van der Waals surface area contributed by atoms with Gasteiger partial charge in [-0.3, -0.25) is 14.4 Å². The third-order valence-electron chi connectivity index (χ3n) is 5.71. The summed E-state index contributed by atoms with van der Waals surface area (Å²) in [5.41, 5.74) is -2.36. The Morgan fingerprint density at radius 2 is 1.41 bits per heavy atom. The summed E-state index contributed by atoms with van der Waals surface area (Å²) in [6.07, 6.45) is -0.175. The van der Waals surface area contributed by atoms with Crippen molar-refractivity contribution in [1.29, 1.82) is 0 Å². The lowest BCUT2D eigenvalue weighted by Crippen LogP contribution is -2.57. The van der Waals surface area contributed by atoms with Crippen LogP contribution in [0.25, 0.3) is 0 Å². The number of nitrogens with one attached hydrogen (secondary N) is 1. The first-order valence-electron chi connectivity index (χ1n) is 11.4. The monoisotopic (exact) mass is 485 g/mol. The van der Waals surface area contributed by atoms with Gasteiger partial charge >= 0.3 is 30.0 Å². The number of hydrogen-bond acceptors (Lipinski definition) is 10. The minimum atomic E-state index is -1.55. The fraction of sp³-hybridized carbons (Fsp3) is 0.783. The van der Waals surface area contributed by atoms with Crippen LogP contribution in [0.5, 0.6) is 0 Å². The van der Waals surface area contributed by atoms with Crippen LogP contribution in [0.15, 0.2) is 0 Å². The number of amides is 1. The molecule has 2 aliphatic carbocycles. The van der Waals surface area contributed by atoms with Crippen LogP contribution in [0.3, 0.4) is 0 Å². The average Bonchev–Trinajstić information content (AvgIpc) is 3.33. The standard InChI is InChI=1S/C23H35NO10/c1-12(2)17(25)30-10-32-19(27)15-14-8-9-23(16(14)15,24-21(29)34-22(5,6)7)20(28)33-11-31-18(26)13(3)4/h12-16H,8-11H2,1-7H3,(H,24,29)/t14-,15-,16-,23-/m0/s1. The molecule has 2 rings (SSSR count). The second-order valence-corrected chi connectivity index (χ2v) is 10.2. The van der Waals surface area contributed by atoms with Crippen LogP contribution in [-0.4, -0.2) is 54.7 Å². The fourth-order valence-corrected chi connectivity index (χ4v) is 4.05. The topological polar surface area (TPSA) is 144 Å². The largest absolute Gasteiger partial charge is 0.444 e. The average molecular weight is 486 g/mol. The van der Waals surface area contributed by atoms with Gasteiger partial charge in [-0.1, -0.05) is 27.7 Å². The van der Waals surface area contributed by atoms with Crippen LogP contribution in [0.2, 0.25) is 0 Å². The number of carbonyl (C=O) groups is 5. The third kappa shape index (κ3) is 6.60. The molecule has 34 heavy (non-hydrogen) atoms. The Bertz CT molecular complexity index is 815. The fourth-order valence-electron chi connectivity index (χ4n) is 4.05. The molecule has 0 saturated heterocycles. The Hall–Kier alpha value is -2.85. The zero-order valence-electron chi connectivity index (χ0n) is 20.8. The predicted octanol–water partition coefficient (Wildman–Crippen LogP) is 2.31. The van der Waals surface area contributed by atoms with Gasteiger partial charge in [0.25, 0.3) is 0 Å². The first-order chi connectivity index (χ1) is 15.7. The summed E-state index contributed by atoms with van der Waals surface area (Å²) in [6, 6.07) is 0. The van der Waals surface area contributed by atoms with Gasteiger partial charge in [0.2, 0.25) is 13.6 Å². The van der Waals surface area contributed by atoms with Crippen molar-refractivity contribution in [3.8, 4) is 0 Å². The van der Waals surface area contributed by atoms with E-state index in [0.29, 0.717) is 6.42 Å². The molecule has 2 saturated carbocycles. The maximum atomic E-state index is 13.1. The molecule has 2 fully saturated rings. The molecule has 0 radical (unpaired) electrons. The van der Waals surface area contributed by atoms with Gasteiger partial charge in [0.15, 0.2) is 0 Å². The summed E-state index contributed by atoms with van der Waals surface area (Å²) in [4.78, 5) is 61.5. The highest BCUT2D eigenvalue weighted by Gasteiger charge is 2.73. The normalized spacial score (nSPS) is 25.3. The Kier molecular flexibility index (Phi) is 8.54. The molecule has 0 unspecified atom stereocenters. The van der Waals surface area contributed by atoms with Crippen LogP contribution in [-0.2, 0) is 42.9 Å². The number of esters is 4. The van der Waals surface area contributed by atoms with Crippen LogP contribution in [0.1, 0.15) is 61.3 Å². The minimum Gasteiger partial charge on any atom is -0.444 e. The number of fused-ring (bicyclic) bond motifs is 1. The molecule has 0 spiro atoms. The van der Waals surface area contributed by atoms with Crippen LogP contribution in [0.4, 0.5) is 4.79 Å². The molecule has 4 atom stereocenters. The molecule has 192 valence electrons. The van der Waals surface area contributed by atoms with E-state index in [1.54, 1.807) is 48.5 Å². The van der Waals surface area contributed by atoms with Crippen LogP contribution < -0.4 is 5.32 Å². The predicted molar refractivity (Wildman–Crippen MR) is 116 cm³/mol. The van der Waals surface area contributed by atoms with E-state index >= 15 is 0 Å². The molecule has 0 aromatic rings. The van der Waals surface area contributed by atoms with E-state index in [-0.39, 0.29) is 18.3 Å². The van der Waals surface area contributed by atoms with Gasteiger partial charge in [0, 0.05) is 5.92 Å². The van der Waals surface area contributed by atoms with E-state index in [4.69, 9.17) is 23.7 Å². The van der Waals surface area contributed by atoms with Gasteiger partial charge in [-0.05, 0) is 39.5 Å². The summed E-state index contributed by atoms with van der Waals surface area (Å²) < 4.78 is 25.3. The molecule has 0 aromatic carbocycles. The Morgan fingerprint density at radius 3 is 1.91 bits per heavy atom. The van der Waals surface area contributed by atoms with Gasteiger partial charge < -0.3 is 29.0 Å². The first kappa shape index (κ1) is 27.4. The summed E-state index contributed by atoms with van der Waals surface area (Å²) in [7, 11) is 0. The Balaban J connectivity index is 2.09. The summed E-state index contributed by atoms with van der Waals surface area (Å²) in [6.45, 7) is 10.4. The highest BCUT2D eigenvalue weighted by Crippen LogP contribution is 2.63. The summed E-state index contributed by atoms with van der Waals surface area (Å²) in [5.74, 6) is -4.81. The summed E-state index contributed by atoms with van der Waals surface area (Å²) in [5, 5.41) is 2.61. The number of ether oxygens (including phenoxy) is 5. The number of carbonyl (C=O) groups excluding carboxylic acids is 5. The van der Waals surface area contributed by atoms with Crippen molar-refractivity contribution in [2.75, 3.05) is 13.6 Å². The quantitative estimate of drug-likeness (QED) is 0.293. The van der Waals surface area contributed by atoms with E-state index in [9.17, 15) is 24.0 Å². The van der Waals surface area contributed by atoms with Crippen molar-refractivity contribution in [3.63, 3.8) is 0 Å². The summed E-state index contributed by atoms with van der Waals surface area (Å²) >= 11 is 0. The van der Waals surface area contributed by atoms with Crippen LogP contribution >= 0.6 is 0 Å². The van der Waals surface area contributed by atoms with Crippen molar-refractivity contribution in [2.45, 2.75) is 72.4 Å². The molecule has 0 heterocycles.